The Morgan fingerprint density at radius 1 is 1.42 bits per heavy atom. The van der Waals surface area contributed by atoms with Crippen LogP contribution in [-0.2, 0) is 4.79 Å². The number of fused-ring (bicyclic) bond motifs is 1. The molecule has 0 aliphatic heterocycles. The number of H-pyrrole nitrogens is 1. The molecule has 0 unspecified atom stereocenters. The minimum absolute atomic E-state index is 0.0766. The normalized spacial score (nSPS) is 11.8. The van der Waals surface area contributed by atoms with Gasteiger partial charge in [0.05, 0.1) is 11.1 Å². The lowest BCUT2D eigenvalue weighted by atomic mass is 10.0. The van der Waals surface area contributed by atoms with E-state index in [2.05, 4.69) is 10.3 Å². The SMILES string of the molecule is CNC(C)(C)C(=O)N(C)c1ccc2[nH]c(=O)oc2c1. The Balaban J connectivity index is 2.38. The molecule has 0 fully saturated rings. The fourth-order valence-electron chi connectivity index (χ4n) is 1.79. The molecule has 1 aromatic carbocycles. The van der Waals surface area contributed by atoms with E-state index in [1.807, 2.05) is 0 Å². The summed E-state index contributed by atoms with van der Waals surface area (Å²) in [6.07, 6.45) is 0. The molecule has 2 aromatic rings. The van der Waals surface area contributed by atoms with Crippen LogP contribution in [0.5, 0.6) is 0 Å². The predicted octanol–water partition coefficient (Wildman–Crippen LogP) is 1.08. The smallest absolute Gasteiger partial charge is 0.408 e. The largest absolute Gasteiger partial charge is 0.417 e. The molecule has 0 saturated carbocycles. The molecule has 6 heteroatoms. The number of nitrogens with one attached hydrogen (secondary N) is 2. The van der Waals surface area contributed by atoms with E-state index in [0.29, 0.717) is 16.8 Å². The van der Waals surface area contributed by atoms with Crippen LogP contribution < -0.4 is 16.0 Å². The lowest BCUT2D eigenvalue weighted by Crippen LogP contribution is -2.51. The van der Waals surface area contributed by atoms with Gasteiger partial charge in [-0.2, -0.15) is 0 Å². The molecule has 0 aliphatic rings. The summed E-state index contributed by atoms with van der Waals surface area (Å²) in [7, 11) is 3.42. The first-order valence-corrected chi connectivity index (χ1v) is 5.95. The number of rotatable bonds is 3. The molecular formula is C13H17N3O3. The van der Waals surface area contributed by atoms with Crippen LogP contribution in [0.4, 0.5) is 5.69 Å². The van der Waals surface area contributed by atoms with Crippen LogP contribution in [-0.4, -0.2) is 30.5 Å². The molecular weight excluding hydrogens is 246 g/mol. The number of aromatic nitrogens is 1. The predicted molar refractivity (Wildman–Crippen MR) is 73.4 cm³/mol. The van der Waals surface area contributed by atoms with Crippen molar-refractivity contribution in [3.05, 3.63) is 28.7 Å². The minimum atomic E-state index is -0.664. The third-order valence-electron chi connectivity index (χ3n) is 3.26. The molecule has 1 amide bonds. The highest BCUT2D eigenvalue weighted by atomic mass is 16.4. The minimum Gasteiger partial charge on any atom is -0.408 e. The van der Waals surface area contributed by atoms with Crippen molar-refractivity contribution < 1.29 is 9.21 Å². The molecule has 0 atom stereocenters. The van der Waals surface area contributed by atoms with Gasteiger partial charge in [-0.25, -0.2) is 4.79 Å². The lowest BCUT2D eigenvalue weighted by molar-refractivity contribution is -0.123. The Morgan fingerprint density at radius 2 is 2.11 bits per heavy atom. The van der Waals surface area contributed by atoms with Crippen LogP contribution in [0.25, 0.3) is 11.1 Å². The zero-order valence-electron chi connectivity index (χ0n) is 11.4. The number of likely N-dealkylation sites (N-methyl/N-ethyl adjacent to an activating group) is 2. The monoisotopic (exact) mass is 263 g/mol. The first-order valence-electron chi connectivity index (χ1n) is 5.95. The number of aromatic amines is 1. The van der Waals surface area contributed by atoms with Crippen molar-refractivity contribution in [2.45, 2.75) is 19.4 Å². The number of hydrogen-bond donors (Lipinski definition) is 2. The molecule has 2 rings (SSSR count). The van der Waals surface area contributed by atoms with Gasteiger partial charge in [0.15, 0.2) is 5.58 Å². The second-order valence-corrected chi connectivity index (χ2v) is 4.93. The van der Waals surface area contributed by atoms with Gasteiger partial charge in [0.25, 0.3) is 0 Å². The second-order valence-electron chi connectivity index (χ2n) is 4.93. The third-order valence-corrected chi connectivity index (χ3v) is 3.26. The zero-order valence-corrected chi connectivity index (χ0v) is 11.4. The van der Waals surface area contributed by atoms with Gasteiger partial charge in [-0.3, -0.25) is 9.78 Å². The maximum absolute atomic E-state index is 12.3. The molecule has 102 valence electrons. The number of amides is 1. The number of anilines is 1. The highest BCUT2D eigenvalue weighted by Crippen LogP contribution is 2.21. The van der Waals surface area contributed by atoms with E-state index in [4.69, 9.17) is 4.42 Å². The van der Waals surface area contributed by atoms with E-state index in [0.717, 1.165) is 0 Å². The van der Waals surface area contributed by atoms with Gasteiger partial charge in [-0.15, -0.1) is 0 Å². The lowest BCUT2D eigenvalue weighted by Gasteiger charge is -2.28. The summed E-state index contributed by atoms with van der Waals surface area (Å²) in [5.41, 5.74) is 1.05. The van der Waals surface area contributed by atoms with Gasteiger partial charge in [0, 0.05) is 18.8 Å². The Labute approximate surface area is 110 Å². The number of nitrogens with zero attached hydrogens (tertiary/aromatic N) is 1. The molecule has 0 aliphatic carbocycles. The number of benzene rings is 1. The quantitative estimate of drug-likeness (QED) is 0.868. The van der Waals surface area contributed by atoms with Crippen molar-refractivity contribution in [3.8, 4) is 0 Å². The van der Waals surface area contributed by atoms with Gasteiger partial charge in [0.1, 0.15) is 0 Å². The Morgan fingerprint density at radius 3 is 2.74 bits per heavy atom. The first-order chi connectivity index (χ1) is 8.85. The number of carbonyl (C=O) groups is 1. The van der Waals surface area contributed by atoms with E-state index >= 15 is 0 Å². The summed E-state index contributed by atoms with van der Waals surface area (Å²) >= 11 is 0. The summed E-state index contributed by atoms with van der Waals surface area (Å²) in [6, 6.07) is 5.14. The molecule has 0 saturated heterocycles. The number of carbonyl (C=O) groups excluding carboxylic acids is 1. The van der Waals surface area contributed by atoms with Gasteiger partial charge in [-0.1, -0.05) is 0 Å². The maximum Gasteiger partial charge on any atom is 0.417 e. The van der Waals surface area contributed by atoms with Crippen LogP contribution in [0.3, 0.4) is 0 Å². The fourth-order valence-corrected chi connectivity index (χ4v) is 1.79. The fraction of sp³-hybridized carbons (Fsp3) is 0.385. The van der Waals surface area contributed by atoms with Gasteiger partial charge >= 0.3 is 5.76 Å². The Kier molecular flexibility index (Phi) is 3.20. The van der Waals surface area contributed by atoms with E-state index < -0.39 is 11.3 Å². The Hall–Kier alpha value is -2.08. The van der Waals surface area contributed by atoms with Crippen LogP contribution in [0, 0.1) is 0 Å². The molecule has 1 heterocycles. The number of oxazole rings is 1. The summed E-state index contributed by atoms with van der Waals surface area (Å²) in [6.45, 7) is 3.61. The average molecular weight is 263 g/mol. The van der Waals surface area contributed by atoms with Crippen LogP contribution in [0.15, 0.2) is 27.4 Å². The second kappa shape index (κ2) is 4.55. The summed E-state index contributed by atoms with van der Waals surface area (Å²) in [4.78, 5) is 27.5. The first kappa shape index (κ1) is 13.4. The highest BCUT2D eigenvalue weighted by molar-refractivity contribution is 6.00. The van der Waals surface area contributed by atoms with Crippen LogP contribution in [0.1, 0.15) is 13.8 Å². The van der Waals surface area contributed by atoms with Crippen molar-refractivity contribution in [2.24, 2.45) is 0 Å². The third kappa shape index (κ3) is 2.39. The van der Waals surface area contributed by atoms with Crippen molar-refractivity contribution in [1.29, 1.82) is 0 Å². The highest BCUT2D eigenvalue weighted by Gasteiger charge is 2.29. The molecule has 2 N–H and O–H groups in total. The van der Waals surface area contributed by atoms with Gasteiger partial charge in [-0.05, 0) is 33.0 Å². The van der Waals surface area contributed by atoms with Crippen LogP contribution in [0.2, 0.25) is 0 Å². The zero-order chi connectivity index (χ0) is 14.2. The van der Waals surface area contributed by atoms with Gasteiger partial charge < -0.3 is 14.6 Å². The van der Waals surface area contributed by atoms with E-state index in [1.165, 1.54) is 4.90 Å². The number of hydrogen-bond acceptors (Lipinski definition) is 4. The van der Waals surface area contributed by atoms with Gasteiger partial charge in [0.2, 0.25) is 5.91 Å². The van der Waals surface area contributed by atoms with Crippen molar-refractivity contribution in [2.75, 3.05) is 19.0 Å². The molecule has 1 aromatic heterocycles. The van der Waals surface area contributed by atoms with E-state index in [-0.39, 0.29) is 5.91 Å². The summed E-state index contributed by atoms with van der Waals surface area (Å²) < 4.78 is 4.99. The molecule has 19 heavy (non-hydrogen) atoms. The molecule has 0 bridgehead atoms. The topological polar surface area (TPSA) is 78.3 Å². The summed E-state index contributed by atoms with van der Waals surface area (Å²) in [5, 5.41) is 2.96. The molecule has 6 nitrogen and oxygen atoms in total. The Bertz CT molecular complexity index is 669. The maximum atomic E-state index is 12.3. The van der Waals surface area contributed by atoms with Crippen molar-refractivity contribution in [1.82, 2.24) is 10.3 Å². The van der Waals surface area contributed by atoms with E-state index in [9.17, 15) is 9.59 Å². The van der Waals surface area contributed by atoms with Crippen LogP contribution >= 0.6 is 0 Å². The average Bonchev–Trinajstić information content (AvgIpc) is 2.75. The van der Waals surface area contributed by atoms with Crippen molar-refractivity contribution >= 4 is 22.7 Å². The summed E-state index contributed by atoms with van der Waals surface area (Å²) in [5.74, 6) is -0.580. The standard InChI is InChI=1S/C13H17N3O3/c1-13(2,14-3)11(17)16(4)8-5-6-9-10(7-8)19-12(18)15-9/h5-7,14H,1-4H3,(H,15,18). The molecule has 0 radical (unpaired) electrons. The molecule has 0 spiro atoms. The van der Waals surface area contributed by atoms with E-state index in [1.54, 1.807) is 46.1 Å². The van der Waals surface area contributed by atoms with Crippen molar-refractivity contribution in [3.63, 3.8) is 0 Å².